The number of piperidine rings is 1. The smallest absolute Gasteiger partial charge is 0.227 e. The van der Waals surface area contributed by atoms with Crippen molar-refractivity contribution >= 4 is 96.6 Å². The molecule has 3 aliphatic carbocycles. The quantitative estimate of drug-likeness (QED) is 0.0720. The summed E-state index contributed by atoms with van der Waals surface area (Å²) in [5.74, 6) is 4.42. The maximum Gasteiger partial charge on any atom is 0.227 e. The predicted octanol–water partition coefficient (Wildman–Crippen LogP) is 11.3. The molecule has 5 heterocycles. The fourth-order valence-electron chi connectivity index (χ4n) is 9.34. The largest absolute Gasteiger partial charge is 0.394 e. The van der Waals surface area contributed by atoms with Gasteiger partial charge in [-0.1, -0.05) is 104 Å². The zero-order valence-electron chi connectivity index (χ0n) is 35.9. The monoisotopic (exact) mass is 1100 g/mol. The van der Waals surface area contributed by atoms with Gasteiger partial charge in [0, 0.05) is 47.5 Å². The molecule has 0 amide bonds. The van der Waals surface area contributed by atoms with Crippen molar-refractivity contribution in [3.63, 3.8) is 0 Å². The lowest BCUT2D eigenvalue weighted by molar-refractivity contribution is 0.143. The molecule has 2 aromatic carbocycles. The molecule has 65 heavy (non-hydrogen) atoms. The second kappa shape index (κ2) is 24.9. The van der Waals surface area contributed by atoms with Crippen LogP contribution in [0.1, 0.15) is 133 Å². The molecule has 6 aliphatic rings. The van der Waals surface area contributed by atoms with E-state index in [1.54, 1.807) is 0 Å². The molecule has 2 aromatic heterocycles. The number of aromatic nitrogens is 4. The number of rotatable bonds is 9. The molecule has 1 saturated heterocycles. The van der Waals surface area contributed by atoms with Crippen LogP contribution in [0.25, 0.3) is 0 Å². The highest BCUT2D eigenvalue weighted by Gasteiger charge is 2.40. The molecule has 0 spiro atoms. The molecule has 358 valence electrons. The van der Waals surface area contributed by atoms with Crippen LogP contribution in [0.15, 0.2) is 58.3 Å². The number of aryl methyl sites for hydroxylation is 2. The first kappa shape index (κ1) is 53.8. The van der Waals surface area contributed by atoms with Gasteiger partial charge in [0.15, 0.2) is 0 Å². The van der Waals surface area contributed by atoms with E-state index in [-0.39, 0.29) is 44.4 Å². The van der Waals surface area contributed by atoms with E-state index >= 15 is 0 Å². The van der Waals surface area contributed by atoms with Gasteiger partial charge < -0.3 is 25.7 Å². The molecule has 3 aliphatic heterocycles. The lowest BCUT2D eigenvalue weighted by Crippen LogP contribution is -2.48. The van der Waals surface area contributed by atoms with Gasteiger partial charge in [0.05, 0.1) is 57.3 Å². The van der Waals surface area contributed by atoms with Gasteiger partial charge >= 0.3 is 0 Å². The van der Waals surface area contributed by atoms with Crippen LogP contribution in [-0.2, 0) is 34.4 Å². The first-order valence-corrected chi connectivity index (χ1v) is 28.2. The van der Waals surface area contributed by atoms with Crippen molar-refractivity contribution in [2.24, 2.45) is 0 Å². The Morgan fingerprint density at radius 3 is 1.49 bits per heavy atom. The Morgan fingerprint density at radius 2 is 1.06 bits per heavy atom. The number of aliphatic hydroxyl groups excluding tert-OH is 2. The number of fused-ring (bicyclic) bond motifs is 2. The Balaban J connectivity index is 0.000000193. The van der Waals surface area contributed by atoms with Crippen LogP contribution in [0.2, 0.25) is 15.3 Å². The molecule has 4 N–H and O–H groups in total. The lowest BCUT2D eigenvalue weighted by Gasteiger charge is -2.42. The van der Waals surface area contributed by atoms with Gasteiger partial charge in [-0.3, -0.25) is 8.42 Å². The average molecular weight is 1100 g/mol. The fraction of sp³-hybridized carbons (Fsp3) is 0.583. The fourth-order valence-corrected chi connectivity index (χ4v) is 12.4. The van der Waals surface area contributed by atoms with E-state index in [2.05, 4.69) is 72.4 Å². The summed E-state index contributed by atoms with van der Waals surface area (Å²) in [5.41, 5.74) is 3.83. The third-order valence-electron chi connectivity index (χ3n) is 13.4. The summed E-state index contributed by atoms with van der Waals surface area (Å²) >= 11 is 19.9. The third-order valence-corrected chi connectivity index (χ3v) is 17.0. The first-order valence-electron chi connectivity index (χ1n) is 22.2. The number of anilines is 3. The van der Waals surface area contributed by atoms with Crippen molar-refractivity contribution in [3.8, 4) is 0 Å². The molecular weight excluding hydrogens is 1040 g/mol. The van der Waals surface area contributed by atoms with Gasteiger partial charge in [-0.25, -0.2) is 9.97 Å². The topological polar surface area (TPSA) is 153 Å². The number of benzene rings is 2. The lowest BCUT2D eigenvalue weighted by atomic mass is 9.77. The van der Waals surface area contributed by atoms with Crippen molar-refractivity contribution in [1.29, 1.82) is 0 Å². The molecule has 17 heteroatoms. The average Bonchev–Trinajstić information content (AvgIpc) is 3.86. The van der Waals surface area contributed by atoms with E-state index in [0.717, 1.165) is 109 Å². The molecule has 11 nitrogen and oxygen atoms in total. The Labute approximate surface area is 420 Å². The molecule has 3 saturated carbocycles. The molecule has 4 fully saturated rings. The highest BCUT2D eigenvalue weighted by atomic mass is 127. The van der Waals surface area contributed by atoms with Gasteiger partial charge in [0.2, 0.25) is 11.2 Å². The maximum atomic E-state index is 12.6. The van der Waals surface area contributed by atoms with Crippen molar-refractivity contribution in [3.05, 3.63) is 86.4 Å². The van der Waals surface area contributed by atoms with Crippen molar-refractivity contribution in [1.82, 2.24) is 19.9 Å². The van der Waals surface area contributed by atoms with E-state index in [1.165, 1.54) is 43.2 Å². The summed E-state index contributed by atoms with van der Waals surface area (Å²) in [6.07, 6.45) is 16.2. The van der Waals surface area contributed by atoms with Gasteiger partial charge in [-0.2, -0.15) is 9.97 Å². The highest BCUT2D eigenvalue weighted by molar-refractivity contribution is 14.1. The minimum Gasteiger partial charge on any atom is -0.394 e. The van der Waals surface area contributed by atoms with Gasteiger partial charge in [0.1, 0.15) is 21.4 Å². The summed E-state index contributed by atoms with van der Waals surface area (Å²) in [4.78, 5) is 23.5. The standard InChI is InChI=1S/C22H27ClN4O2S.C12H15Cl.C11H14ClN3O2S.CH3I.2CH4/c23-17-4-2-15(3-5-17)16-6-11-27(12-7-16)21-24-18-8-13-30(29)19(18)20(25-21)26-22(14-28)9-1-10-22;13-12-8-6-11(7-9-12)10-4-2-1-3-5-10;12-10-13-7-2-5-18(17)8(7)9(14-10)15-11(6-16)3-1-4-11;1-2;;/h2-5,16,28H,1,6-14H2,(H,24,25,26);6-10H,1-5H2;16H,1-6H2,(H,13,14,15);1H3;2*1H4. The Hall–Kier alpha value is -2.18. The molecule has 0 radical (unpaired) electrons. The molecule has 10 rings (SSSR count). The van der Waals surface area contributed by atoms with Crippen LogP contribution in [0, 0.1) is 0 Å². The van der Waals surface area contributed by atoms with Crippen LogP contribution in [0.3, 0.4) is 0 Å². The summed E-state index contributed by atoms with van der Waals surface area (Å²) in [6.45, 7) is 1.90. The summed E-state index contributed by atoms with van der Waals surface area (Å²) in [7, 11) is -2.13. The van der Waals surface area contributed by atoms with Gasteiger partial charge in [-0.05, 0) is 128 Å². The normalized spacial score (nSPS) is 21.3. The van der Waals surface area contributed by atoms with E-state index in [0.29, 0.717) is 40.4 Å². The summed E-state index contributed by atoms with van der Waals surface area (Å²) < 4.78 is 24.5. The SMILES string of the molecule is C.C.CI.Clc1ccc(C2CCCCC2)cc1.O=S1CCc2nc(Cl)nc(NC3(CO)CCC3)c21.O=S1CCc2nc(N3CCC(c4ccc(Cl)cc4)CC3)nc(NC3(CO)CCC3)c21. The second-order valence-corrected chi connectivity index (χ2v) is 21.6. The second-order valence-electron chi connectivity index (χ2n) is 17.4. The molecule has 2 unspecified atom stereocenters. The number of hydrogen-bond donors (Lipinski definition) is 4. The number of aliphatic hydroxyl groups is 2. The van der Waals surface area contributed by atoms with Crippen LogP contribution in [0.5, 0.6) is 0 Å². The molecular formula is C48H67Cl3IN7O4S2. The van der Waals surface area contributed by atoms with E-state index in [4.69, 9.17) is 44.8 Å². The van der Waals surface area contributed by atoms with Crippen LogP contribution >= 0.6 is 57.4 Å². The van der Waals surface area contributed by atoms with Crippen LogP contribution in [0.4, 0.5) is 17.6 Å². The number of hydrogen-bond acceptors (Lipinski definition) is 11. The highest BCUT2D eigenvalue weighted by Crippen LogP contribution is 2.40. The van der Waals surface area contributed by atoms with Crippen molar-refractivity contribution < 1.29 is 18.6 Å². The third kappa shape index (κ3) is 13.1. The molecule has 4 aromatic rings. The number of halogens is 4. The van der Waals surface area contributed by atoms with E-state index in [9.17, 15) is 18.6 Å². The summed E-state index contributed by atoms with van der Waals surface area (Å²) in [6, 6.07) is 16.5. The van der Waals surface area contributed by atoms with Gasteiger partial charge in [-0.15, -0.1) is 0 Å². The summed E-state index contributed by atoms with van der Waals surface area (Å²) in [5, 5.41) is 27.8. The zero-order chi connectivity index (χ0) is 44.6. The first-order chi connectivity index (χ1) is 30.6. The Kier molecular flexibility index (Phi) is 20.6. The minimum absolute atomic E-state index is 0. The van der Waals surface area contributed by atoms with Gasteiger partial charge in [0.25, 0.3) is 0 Å². The zero-order valence-corrected chi connectivity index (χ0v) is 42.0. The number of nitrogens with one attached hydrogen (secondary N) is 2. The van der Waals surface area contributed by atoms with E-state index < -0.39 is 21.6 Å². The Morgan fingerprint density at radius 1 is 0.631 bits per heavy atom. The molecule has 0 bridgehead atoms. The number of nitrogens with zero attached hydrogens (tertiary/aromatic N) is 5. The minimum atomic E-state index is -1.07. The molecule has 2 atom stereocenters. The maximum absolute atomic E-state index is 12.6. The van der Waals surface area contributed by atoms with Crippen molar-refractivity contribution in [2.75, 3.05) is 58.3 Å². The van der Waals surface area contributed by atoms with Crippen LogP contribution < -0.4 is 15.5 Å². The Bertz CT molecular complexity index is 2190. The number of alkyl halides is 1. The van der Waals surface area contributed by atoms with E-state index in [1.807, 2.05) is 29.2 Å². The van der Waals surface area contributed by atoms with Crippen LogP contribution in [-0.4, -0.2) is 92.4 Å². The predicted molar refractivity (Wildman–Crippen MR) is 280 cm³/mol. The van der Waals surface area contributed by atoms with Crippen molar-refractivity contribution in [2.45, 2.75) is 144 Å².